The van der Waals surface area contributed by atoms with E-state index in [2.05, 4.69) is 46.3 Å². The summed E-state index contributed by atoms with van der Waals surface area (Å²) in [4.78, 5) is 0.147. The number of alkyl halides is 1. The molecule has 0 spiro atoms. The van der Waals surface area contributed by atoms with E-state index in [1.54, 1.807) is 7.11 Å². The molecule has 0 N–H and O–H groups in total. The zero-order valence-corrected chi connectivity index (χ0v) is 12.0. The van der Waals surface area contributed by atoms with E-state index in [1.165, 1.54) is 16.3 Å². The van der Waals surface area contributed by atoms with Crippen LogP contribution in [0.3, 0.4) is 0 Å². The first-order valence-electron chi connectivity index (χ1n) is 6.03. The lowest BCUT2D eigenvalue weighted by molar-refractivity contribution is -0.153. The van der Waals surface area contributed by atoms with Gasteiger partial charge in [0, 0.05) is 19.6 Å². The Kier molecular flexibility index (Phi) is 2.83. The van der Waals surface area contributed by atoms with Gasteiger partial charge in [-0.1, -0.05) is 46.3 Å². The Morgan fingerprint density at radius 2 is 2.06 bits per heavy atom. The van der Waals surface area contributed by atoms with Gasteiger partial charge in [0.15, 0.2) is 0 Å². The van der Waals surface area contributed by atoms with Crippen LogP contribution in [-0.4, -0.2) is 17.7 Å². The third-order valence-electron chi connectivity index (χ3n) is 3.67. The highest BCUT2D eigenvalue weighted by Crippen LogP contribution is 2.40. The fourth-order valence-corrected chi connectivity index (χ4v) is 3.04. The molecule has 18 heavy (non-hydrogen) atoms. The Morgan fingerprint density at radius 1 is 1.28 bits per heavy atom. The normalized spacial score (nSPS) is 26.7. The standard InChI is InChI=1S/C15H15BrO2/c1-15(17-2)14(16)9-12-11-6-4-3-5-10(11)7-8-13(12)18-15/h3-8,14H,9H2,1-2H3. The van der Waals surface area contributed by atoms with Gasteiger partial charge in [0.05, 0.1) is 4.83 Å². The minimum atomic E-state index is -0.602. The fraction of sp³-hybridized carbons (Fsp3) is 0.333. The van der Waals surface area contributed by atoms with E-state index in [-0.39, 0.29) is 4.83 Å². The molecule has 2 aromatic carbocycles. The monoisotopic (exact) mass is 306 g/mol. The Morgan fingerprint density at radius 3 is 2.83 bits per heavy atom. The molecule has 1 heterocycles. The summed E-state index contributed by atoms with van der Waals surface area (Å²) in [5.41, 5.74) is 1.25. The number of hydrogen-bond donors (Lipinski definition) is 0. The maximum atomic E-state index is 6.02. The maximum Gasteiger partial charge on any atom is 0.220 e. The lowest BCUT2D eigenvalue weighted by Crippen LogP contribution is -2.47. The minimum absolute atomic E-state index is 0.147. The first-order valence-corrected chi connectivity index (χ1v) is 6.94. The van der Waals surface area contributed by atoms with Crippen molar-refractivity contribution in [3.05, 3.63) is 42.0 Å². The molecule has 0 saturated heterocycles. The summed E-state index contributed by atoms with van der Waals surface area (Å²) >= 11 is 3.68. The summed E-state index contributed by atoms with van der Waals surface area (Å²) in [6, 6.07) is 12.5. The van der Waals surface area contributed by atoms with Crippen molar-refractivity contribution < 1.29 is 9.47 Å². The zero-order chi connectivity index (χ0) is 12.8. The quantitative estimate of drug-likeness (QED) is 0.744. The van der Waals surface area contributed by atoms with Crippen molar-refractivity contribution in [2.75, 3.05) is 7.11 Å². The maximum absolute atomic E-state index is 6.02. The molecule has 0 amide bonds. The molecule has 1 aliphatic rings. The number of hydrogen-bond acceptors (Lipinski definition) is 2. The third-order valence-corrected chi connectivity index (χ3v) is 4.82. The summed E-state index contributed by atoms with van der Waals surface area (Å²) in [5, 5.41) is 2.51. The number of halogens is 1. The van der Waals surface area contributed by atoms with E-state index in [0.29, 0.717) is 0 Å². The smallest absolute Gasteiger partial charge is 0.220 e. The van der Waals surface area contributed by atoms with Crippen molar-refractivity contribution in [1.82, 2.24) is 0 Å². The molecule has 2 unspecified atom stereocenters. The predicted octanol–water partition coefficient (Wildman–Crippen LogP) is 3.90. The third kappa shape index (κ3) is 1.73. The lowest BCUT2D eigenvalue weighted by atomic mass is 9.95. The number of benzene rings is 2. The molecular formula is C15H15BrO2. The number of fused-ring (bicyclic) bond motifs is 3. The molecule has 3 heteroatoms. The second-order valence-corrected chi connectivity index (χ2v) is 5.86. The first kappa shape index (κ1) is 12.0. The van der Waals surface area contributed by atoms with Crippen LogP contribution in [0.2, 0.25) is 0 Å². The number of rotatable bonds is 1. The van der Waals surface area contributed by atoms with Gasteiger partial charge in [-0.25, -0.2) is 0 Å². The van der Waals surface area contributed by atoms with Crippen molar-refractivity contribution in [2.24, 2.45) is 0 Å². The highest BCUT2D eigenvalue weighted by molar-refractivity contribution is 9.09. The molecule has 2 nitrogen and oxygen atoms in total. The van der Waals surface area contributed by atoms with E-state index in [1.807, 2.05) is 13.0 Å². The minimum Gasteiger partial charge on any atom is -0.461 e. The molecule has 2 aromatic rings. The van der Waals surface area contributed by atoms with Crippen LogP contribution in [0.15, 0.2) is 36.4 Å². The van der Waals surface area contributed by atoms with Crippen LogP contribution in [0.5, 0.6) is 5.75 Å². The summed E-state index contributed by atoms with van der Waals surface area (Å²) in [7, 11) is 1.68. The van der Waals surface area contributed by atoms with Crippen LogP contribution in [0, 0.1) is 0 Å². The van der Waals surface area contributed by atoms with E-state index in [0.717, 1.165) is 12.2 Å². The summed E-state index contributed by atoms with van der Waals surface area (Å²) in [5.74, 6) is 0.323. The second kappa shape index (κ2) is 4.25. The second-order valence-electron chi connectivity index (χ2n) is 4.76. The highest BCUT2D eigenvalue weighted by atomic mass is 79.9. The van der Waals surface area contributed by atoms with Gasteiger partial charge >= 0.3 is 0 Å². The molecule has 94 valence electrons. The van der Waals surface area contributed by atoms with Crippen molar-refractivity contribution in [3.8, 4) is 5.75 Å². The predicted molar refractivity (Wildman–Crippen MR) is 76.4 cm³/mol. The van der Waals surface area contributed by atoms with Gasteiger partial charge in [0.2, 0.25) is 5.79 Å². The molecule has 0 fully saturated rings. The molecule has 3 rings (SSSR count). The van der Waals surface area contributed by atoms with Gasteiger partial charge in [-0.2, -0.15) is 0 Å². The fourth-order valence-electron chi connectivity index (χ4n) is 2.44. The van der Waals surface area contributed by atoms with Crippen LogP contribution in [0.25, 0.3) is 10.8 Å². The number of methoxy groups -OCH3 is 1. The first-order chi connectivity index (χ1) is 8.64. The van der Waals surface area contributed by atoms with Gasteiger partial charge in [-0.3, -0.25) is 0 Å². The van der Waals surface area contributed by atoms with Crippen molar-refractivity contribution in [1.29, 1.82) is 0 Å². The van der Waals surface area contributed by atoms with Gasteiger partial charge in [0.25, 0.3) is 0 Å². The summed E-state index contributed by atoms with van der Waals surface area (Å²) < 4.78 is 11.5. The van der Waals surface area contributed by atoms with E-state index in [9.17, 15) is 0 Å². The number of ether oxygens (including phenoxy) is 2. The summed E-state index contributed by atoms with van der Waals surface area (Å²) in [6.45, 7) is 1.96. The van der Waals surface area contributed by atoms with Gasteiger partial charge in [-0.15, -0.1) is 0 Å². The van der Waals surface area contributed by atoms with Crippen LogP contribution in [-0.2, 0) is 11.2 Å². The molecule has 0 saturated carbocycles. The van der Waals surface area contributed by atoms with Crippen molar-refractivity contribution >= 4 is 26.7 Å². The molecular weight excluding hydrogens is 292 g/mol. The lowest BCUT2D eigenvalue weighted by Gasteiger charge is -2.38. The van der Waals surface area contributed by atoms with E-state index < -0.39 is 5.79 Å². The van der Waals surface area contributed by atoms with E-state index in [4.69, 9.17) is 9.47 Å². The van der Waals surface area contributed by atoms with Crippen LogP contribution in [0.4, 0.5) is 0 Å². The van der Waals surface area contributed by atoms with Gasteiger partial charge < -0.3 is 9.47 Å². The van der Waals surface area contributed by atoms with Crippen LogP contribution in [0.1, 0.15) is 12.5 Å². The zero-order valence-electron chi connectivity index (χ0n) is 10.4. The van der Waals surface area contributed by atoms with Crippen LogP contribution < -0.4 is 4.74 Å². The Bertz CT molecular complexity index is 596. The topological polar surface area (TPSA) is 18.5 Å². The highest BCUT2D eigenvalue weighted by Gasteiger charge is 2.40. The largest absolute Gasteiger partial charge is 0.461 e. The molecule has 0 aliphatic carbocycles. The molecule has 0 radical (unpaired) electrons. The average molecular weight is 307 g/mol. The Hall–Kier alpha value is -1.06. The Labute approximate surface area is 115 Å². The van der Waals surface area contributed by atoms with E-state index >= 15 is 0 Å². The van der Waals surface area contributed by atoms with Crippen molar-refractivity contribution in [3.63, 3.8) is 0 Å². The molecule has 2 atom stereocenters. The molecule has 0 aromatic heterocycles. The van der Waals surface area contributed by atoms with Gasteiger partial charge in [-0.05, 0) is 23.3 Å². The average Bonchev–Trinajstić information content (AvgIpc) is 2.40. The van der Waals surface area contributed by atoms with Gasteiger partial charge in [0.1, 0.15) is 5.75 Å². The molecule has 0 bridgehead atoms. The van der Waals surface area contributed by atoms with Crippen LogP contribution >= 0.6 is 15.9 Å². The SMILES string of the molecule is COC1(C)Oc2ccc3ccccc3c2CC1Br. The summed E-state index contributed by atoms with van der Waals surface area (Å²) in [6.07, 6.45) is 0.904. The Balaban J connectivity index is 2.17. The molecule has 1 aliphatic heterocycles. The van der Waals surface area contributed by atoms with Crippen molar-refractivity contribution in [2.45, 2.75) is 24.0 Å².